The standard InChI is InChI=1S/C16H29F3N2/c1-4-15(5-2)11-20-14(3,13-7-8-13)12-21(15)10-6-9-16(17,18)19/h13,20H,4-12H2,1-3H3. The Labute approximate surface area is 126 Å². The molecule has 0 radical (unpaired) electrons. The van der Waals surface area contributed by atoms with E-state index in [1.165, 1.54) is 12.8 Å². The first-order valence-electron chi connectivity index (χ1n) is 8.31. The van der Waals surface area contributed by atoms with Crippen LogP contribution < -0.4 is 5.32 Å². The van der Waals surface area contributed by atoms with Crippen LogP contribution in [-0.2, 0) is 0 Å². The molecular formula is C16H29F3N2. The number of halogens is 3. The highest BCUT2D eigenvalue weighted by Crippen LogP contribution is 2.43. The third kappa shape index (κ3) is 3.92. The topological polar surface area (TPSA) is 15.3 Å². The zero-order chi connectivity index (χ0) is 15.7. The summed E-state index contributed by atoms with van der Waals surface area (Å²) >= 11 is 0. The predicted molar refractivity (Wildman–Crippen MR) is 79.3 cm³/mol. The average molecular weight is 306 g/mol. The van der Waals surface area contributed by atoms with Gasteiger partial charge in [-0.2, -0.15) is 13.2 Å². The van der Waals surface area contributed by atoms with Gasteiger partial charge in [0.25, 0.3) is 0 Å². The molecule has 1 N–H and O–H groups in total. The molecule has 0 aromatic rings. The summed E-state index contributed by atoms with van der Waals surface area (Å²) in [7, 11) is 0. The molecule has 0 aromatic carbocycles. The van der Waals surface area contributed by atoms with Gasteiger partial charge in [0.05, 0.1) is 0 Å². The van der Waals surface area contributed by atoms with Gasteiger partial charge in [-0.25, -0.2) is 0 Å². The summed E-state index contributed by atoms with van der Waals surface area (Å²) in [6, 6.07) is 0. The molecule has 2 nitrogen and oxygen atoms in total. The number of piperazine rings is 1. The number of nitrogens with zero attached hydrogens (tertiary/aromatic N) is 1. The zero-order valence-corrected chi connectivity index (χ0v) is 13.5. The minimum atomic E-state index is -4.03. The quantitative estimate of drug-likeness (QED) is 0.799. The Morgan fingerprint density at radius 1 is 1.19 bits per heavy atom. The summed E-state index contributed by atoms with van der Waals surface area (Å²) in [6.07, 6.45) is 0.00428. The largest absolute Gasteiger partial charge is 0.389 e. The SMILES string of the molecule is CCC1(CC)CNC(C)(C2CC2)CN1CCCC(F)(F)F. The molecule has 1 saturated carbocycles. The molecule has 1 unspecified atom stereocenters. The van der Waals surface area contributed by atoms with E-state index in [4.69, 9.17) is 0 Å². The Morgan fingerprint density at radius 2 is 1.81 bits per heavy atom. The summed E-state index contributed by atoms with van der Waals surface area (Å²) < 4.78 is 37.3. The maximum atomic E-state index is 12.4. The summed E-state index contributed by atoms with van der Waals surface area (Å²) in [5.74, 6) is 0.703. The lowest BCUT2D eigenvalue weighted by molar-refractivity contribution is -0.137. The third-order valence-electron chi connectivity index (χ3n) is 5.69. The van der Waals surface area contributed by atoms with Crippen molar-refractivity contribution in [3.05, 3.63) is 0 Å². The molecule has 0 aromatic heterocycles. The second kappa shape index (κ2) is 6.07. The van der Waals surface area contributed by atoms with Crippen LogP contribution in [0.1, 0.15) is 59.3 Å². The molecule has 2 rings (SSSR count). The molecule has 5 heteroatoms. The molecule has 0 bridgehead atoms. The monoisotopic (exact) mass is 306 g/mol. The van der Waals surface area contributed by atoms with Crippen LogP contribution in [0.25, 0.3) is 0 Å². The van der Waals surface area contributed by atoms with Crippen LogP contribution in [0, 0.1) is 5.92 Å². The third-order valence-corrected chi connectivity index (χ3v) is 5.69. The molecule has 21 heavy (non-hydrogen) atoms. The lowest BCUT2D eigenvalue weighted by Gasteiger charge is -2.54. The van der Waals surface area contributed by atoms with Gasteiger partial charge in [0, 0.05) is 30.6 Å². The Morgan fingerprint density at radius 3 is 2.29 bits per heavy atom. The molecule has 2 aliphatic rings. The molecule has 0 spiro atoms. The van der Waals surface area contributed by atoms with Gasteiger partial charge in [0.1, 0.15) is 0 Å². The van der Waals surface area contributed by atoms with E-state index in [-0.39, 0.29) is 17.5 Å². The lowest BCUT2D eigenvalue weighted by Crippen LogP contribution is -2.69. The minimum Gasteiger partial charge on any atom is -0.308 e. The molecule has 1 heterocycles. The van der Waals surface area contributed by atoms with Crippen molar-refractivity contribution in [3.8, 4) is 0 Å². The molecule has 1 atom stereocenters. The van der Waals surface area contributed by atoms with Crippen molar-refractivity contribution >= 4 is 0 Å². The molecule has 2 fully saturated rings. The van der Waals surface area contributed by atoms with E-state index in [2.05, 4.69) is 31.0 Å². The van der Waals surface area contributed by atoms with Crippen LogP contribution in [-0.4, -0.2) is 41.8 Å². The smallest absolute Gasteiger partial charge is 0.308 e. The normalized spacial score (nSPS) is 30.6. The highest BCUT2D eigenvalue weighted by molar-refractivity contribution is 5.08. The summed E-state index contributed by atoms with van der Waals surface area (Å²) in [4.78, 5) is 2.35. The van der Waals surface area contributed by atoms with Gasteiger partial charge < -0.3 is 5.32 Å². The summed E-state index contributed by atoms with van der Waals surface area (Å²) in [6.45, 7) is 8.90. The molecule has 1 aliphatic carbocycles. The number of hydrogen-bond acceptors (Lipinski definition) is 2. The van der Waals surface area contributed by atoms with Crippen molar-refractivity contribution in [1.29, 1.82) is 0 Å². The first-order chi connectivity index (χ1) is 9.75. The fourth-order valence-corrected chi connectivity index (χ4v) is 3.83. The zero-order valence-electron chi connectivity index (χ0n) is 13.5. The van der Waals surface area contributed by atoms with E-state index in [9.17, 15) is 13.2 Å². The first kappa shape index (κ1) is 17.1. The highest BCUT2D eigenvalue weighted by Gasteiger charge is 2.49. The van der Waals surface area contributed by atoms with Crippen molar-refractivity contribution in [2.24, 2.45) is 5.92 Å². The van der Waals surface area contributed by atoms with E-state index in [1.54, 1.807) is 0 Å². The van der Waals surface area contributed by atoms with E-state index in [0.717, 1.165) is 25.9 Å². The van der Waals surface area contributed by atoms with Gasteiger partial charge in [0.2, 0.25) is 0 Å². The predicted octanol–water partition coefficient (Wildman–Crippen LogP) is 3.96. The van der Waals surface area contributed by atoms with Gasteiger partial charge >= 0.3 is 6.18 Å². The molecule has 124 valence electrons. The van der Waals surface area contributed by atoms with Crippen molar-refractivity contribution < 1.29 is 13.2 Å². The van der Waals surface area contributed by atoms with E-state index in [0.29, 0.717) is 12.5 Å². The van der Waals surface area contributed by atoms with Gasteiger partial charge in [-0.1, -0.05) is 13.8 Å². The molecule has 1 aliphatic heterocycles. The minimum absolute atomic E-state index is 0.0278. The van der Waals surface area contributed by atoms with Crippen LogP contribution in [0.3, 0.4) is 0 Å². The Kier molecular flexibility index (Phi) is 4.94. The van der Waals surface area contributed by atoms with E-state index < -0.39 is 12.6 Å². The first-order valence-corrected chi connectivity index (χ1v) is 8.31. The van der Waals surface area contributed by atoms with Gasteiger partial charge in [-0.15, -0.1) is 0 Å². The van der Waals surface area contributed by atoms with Crippen LogP contribution >= 0.6 is 0 Å². The summed E-state index contributed by atoms with van der Waals surface area (Å²) in [5.41, 5.74) is 0.117. The number of rotatable bonds is 6. The fraction of sp³-hybridized carbons (Fsp3) is 1.00. The maximum absolute atomic E-state index is 12.4. The van der Waals surface area contributed by atoms with Crippen LogP contribution in [0.2, 0.25) is 0 Å². The molecule has 0 amide bonds. The van der Waals surface area contributed by atoms with Crippen LogP contribution in [0.15, 0.2) is 0 Å². The fourth-order valence-electron chi connectivity index (χ4n) is 3.83. The highest BCUT2D eigenvalue weighted by atomic mass is 19.4. The lowest BCUT2D eigenvalue weighted by atomic mass is 9.81. The van der Waals surface area contributed by atoms with Crippen LogP contribution in [0.4, 0.5) is 13.2 Å². The molecular weight excluding hydrogens is 277 g/mol. The van der Waals surface area contributed by atoms with Crippen LogP contribution in [0.5, 0.6) is 0 Å². The Bertz CT molecular complexity index is 348. The second-order valence-corrected chi connectivity index (χ2v) is 7.12. The second-order valence-electron chi connectivity index (χ2n) is 7.12. The van der Waals surface area contributed by atoms with Crippen molar-refractivity contribution in [1.82, 2.24) is 10.2 Å². The Balaban J connectivity index is 2.02. The number of alkyl halides is 3. The van der Waals surface area contributed by atoms with Gasteiger partial charge in [-0.3, -0.25) is 4.90 Å². The molecule has 1 saturated heterocycles. The van der Waals surface area contributed by atoms with Crippen molar-refractivity contribution in [2.45, 2.75) is 76.6 Å². The Hall–Kier alpha value is -0.290. The average Bonchev–Trinajstić information content (AvgIpc) is 3.23. The summed E-state index contributed by atoms with van der Waals surface area (Å²) in [5, 5.41) is 3.72. The van der Waals surface area contributed by atoms with Gasteiger partial charge in [-0.05, 0) is 51.5 Å². The number of hydrogen-bond donors (Lipinski definition) is 1. The maximum Gasteiger partial charge on any atom is 0.389 e. The van der Waals surface area contributed by atoms with E-state index in [1.807, 2.05) is 0 Å². The van der Waals surface area contributed by atoms with Crippen molar-refractivity contribution in [2.75, 3.05) is 19.6 Å². The number of nitrogens with one attached hydrogen (secondary N) is 1. The van der Waals surface area contributed by atoms with Crippen molar-refractivity contribution in [3.63, 3.8) is 0 Å². The van der Waals surface area contributed by atoms with E-state index >= 15 is 0 Å². The van der Waals surface area contributed by atoms with Gasteiger partial charge in [0.15, 0.2) is 0 Å².